The van der Waals surface area contributed by atoms with Crippen LogP contribution in [-0.2, 0) is 6.42 Å². The van der Waals surface area contributed by atoms with Crippen molar-refractivity contribution < 1.29 is 4.79 Å². The van der Waals surface area contributed by atoms with Gasteiger partial charge in [-0.05, 0) is 29.5 Å². The molecule has 0 amide bonds. The molecule has 20 heavy (non-hydrogen) atoms. The van der Waals surface area contributed by atoms with Crippen molar-refractivity contribution >= 4 is 17.5 Å². The van der Waals surface area contributed by atoms with E-state index >= 15 is 0 Å². The first-order valence-corrected chi connectivity index (χ1v) is 7.02. The normalized spacial score (nSPS) is 13.2. The molecule has 0 bridgehead atoms. The maximum Gasteiger partial charge on any atom is 0.235 e. The van der Waals surface area contributed by atoms with Crippen molar-refractivity contribution in [3.8, 4) is 0 Å². The van der Waals surface area contributed by atoms with Crippen molar-refractivity contribution in [3.05, 3.63) is 53.6 Å². The molecule has 0 aliphatic rings. The molecule has 1 heterocycles. The standard InChI is InChI=1S/C16H19ClN2O/c1-16(2,3)14(15(20)19-9-8-18-11-19)10-12-4-6-13(17)7-5-12/h4-9,11,14H,10H2,1-3H3. The van der Waals surface area contributed by atoms with Crippen molar-refractivity contribution in [2.24, 2.45) is 11.3 Å². The molecule has 0 radical (unpaired) electrons. The van der Waals surface area contributed by atoms with Gasteiger partial charge >= 0.3 is 0 Å². The molecule has 1 aromatic carbocycles. The van der Waals surface area contributed by atoms with Crippen LogP contribution in [0.5, 0.6) is 0 Å². The van der Waals surface area contributed by atoms with Gasteiger partial charge in [0.2, 0.25) is 5.91 Å². The first-order chi connectivity index (χ1) is 9.38. The summed E-state index contributed by atoms with van der Waals surface area (Å²) >= 11 is 5.90. The minimum absolute atomic E-state index is 0.0740. The van der Waals surface area contributed by atoms with Gasteiger partial charge in [-0.25, -0.2) is 4.98 Å². The van der Waals surface area contributed by atoms with Crippen LogP contribution in [0, 0.1) is 11.3 Å². The summed E-state index contributed by atoms with van der Waals surface area (Å²) in [6, 6.07) is 7.67. The number of carbonyl (C=O) groups is 1. The Balaban J connectivity index is 2.25. The van der Waals surface area contributed by atoms with E-state index in [1.807, 2.05) is 24.3 Å². The largest absolute Gasteiger partial charge is 0.276 e. The van der Waals surface area contributed by atoms with E-state index in [2.05, 4.69) is 25.8 Å². The Morgan fingerprint density at radius 2 is 1.95 bits per heavy atom. The maximum atomic E-state index is 12.6. The molecular formula is C16H19ClN2O. The third-order valence-electron chi connectivity index (χ3n) is 3.46. The molecule has 0 aliphatic heterocycles. The summed E-state index contributed by atoms with van der Waals surface area (Å²) in [5, 5.41) is 0.710. The minimum Gasteiger partial charge on any atom is -0.276 e. The molecular weight excluding hydrogens is 272 g/mol. The third-order valence-corrected chi connectivity index (χ3v) is 3.71. The van der Waals surface area contributed by atoms with Gasteiger partial charge in [0.25, 0.3) is 0 Å². The number of rotatable bonds is 3. The number of aromatic nitrogens is 2. The Hall–Kier alpha value is -1.61. The van der Waals surface area contributed by atoms with Crippen molar-refractivity contribution in [1.82, 2.24) is 9.55 Å². The lowest BCUT2D eigenvalue weighted by molar-refractivity contribution is 0.0724. The second-order valence-electron chi connectivity index (χ2n) is 6.06. The highest BCUT2D eigenvalue weighted by Crippen LogP contribution is 2.30. The number of halogens is 1. The van der Waals surface area contributed by atoms with Gasteiger partial charge in [0.05, 0.1) is 0 Å². The number of nitrogens with zero attached hydrogens (tertiary/aromatic N) is 2. The lowest BCUT2D eigenvalue weighted by atomic mass is 9.76. The highest BCUT2D eigenvalue weighted by molar-refractivity contribution is 6.30. The van der Waals surface area contributed by atoms with E-state index in [0.717, 1.165) is 5.56 Å². The molecule has 3 nitrogen and oxygen atoms in total. The van der Waals surface area contributed by atoms with E-state index in [1.54, 1.807) is 23.3 Å². The van der Waals surface area contributed by atoms with Gasteiger partial charge in [0.15, 0.2) is 0 Å². The third kappa shape index (κ3) is 3.48. The van der Waals surface area contributed by atoms with Crippen molar-refractivity contribution in [1.29, 1.82) is 0 Å². The lowest BCUT2D eigenvalue weighted by Crippen LogP contribution is -2.33. The number of hydrogen-bond donors (Lipinski definition) is 0. The number of imidazole rings is 1. The fourth-order valence-corrected chi connectivity index (χ4v) is 2.32. The van der Waals surface area contributed by atoms with E-state index in [1.165, 1.54) is 0 Å². The Morgan fingerprint density at radius 3 is 2.45 bits per heavy atom. The maximum absolute atomic E-state index is 12.6. The summed E-state index contributed by atoms with van der Waals surface area (Å²) in [6.45, 7) is 6.26. The van der Waals surface area contributed by atoms with Crippen molar-refractivity contribution in [2.45, 2.75) is 27.2 Å². The molecule has 0 spiro atoms. The Labute approximate surface area is 124 Å². The molecule has 0 fully saturated rings. The first-order valence-electron chi connectivity index (χ1n) is 6.64. The molecule has 0 N–H and O–H groups in total. The van der Waals surface area contributed by atoms with E-state index in [0.29, 0.717) is 11.4 Å². The second-order valence-corrected chi connectivity index (χ2v) is 6.49. The molecule has 2 rings (SSSR count). The van der Waals surface area contributed by atoms with Crippen molar-refractivity contribution in [2.75, 3.05) is 0 Å². The molecule has 1 atom stereocenters. The van der Waals surface area contributed by atoms with E-state index < -0.39 is 0 Å². The molecule has 1 aromatic heterocycles. The highest BCUT2D eigenvalue weighted by atomic mass is 35.5. The van der Waals surface area contributed by atoms with Crippen LogP contribution >= 0.6 is 11.6 Å². The zero-order chi connectivity index (χ0) is 14.8. The Bertz CT molecular complexity index is 568. The molecule has 106 valence electrons. The SMILES string of the molecule is CC(C)(C)C(Cc1ccc(Cl)cc1)C(=O)n1ccnc1. The molecule has 2 aromatic rings. The molecule has 1 unspecified atom stereocenters. The first kappa shape index (κ1) is 14.8. The second kappa shape index (κ2) is 5.80. The van der Waals surface area contributed by atoms with E-state index in [-0.39, 0.29) is 17.2 Å². The molecule has 0 saturated heterocycles. The summed E-state index contributed by atoms with van der Waals surface area (Å²) in [4.78, 5) is 16.6. The predicted octanol–water partition coefficient (Wildman–Crippen LogP) is 4.08. The zero-order valence-electron chi connectivity index (χ0n) is 12.0. The predicted molar refractivity (Wildman–Crippen MR) is 81.0 cm³/mol. The van der Waals surface area contributed by atoms with Crippen LogP contribution in [0.2, 0.25) is 5.02 Å². The quantitative estimate of drug-likeness (QED) is 0.853. The zero-order valence-corrected chi connectivity index (χ0v) is 12.8. The monoisotopic (exact) mass is 290 g/mol. The lowest BCUT2D eigenvalue weighted by Gasteiger charge is -2.29. The summed E-state index contributed by atoms with van der Waals surface area (Å²) < 4.78 is 1.56. The van der Waals surface area contributed by atoms with E-state index in [4.69, 9.17) is 11.6 Å². The van der Waals surface area contributed by atoms with Gasteiger partial charge in [0, 0.05) is 23.3 Å². The van der Waals surface area contributed by atoms with Crippen LogP contribution in [0.25, 0.3) is 0 Å². The van der Waals surface area contributed by atoms with Gasteiger partial charge < -0.3 is 0 Å². The van der Waals surface area contributed by atoms with Gasteiger partial charge in [0.1, 0.15) is 6.33 Å². The van der Waals surface area contributed by atoms with Gasteiger partial charge in [-0.2, -0.15) is 0 Å². The van der Waals surface area contributed by atoms with E-state index in [9.17, 15) is 4.79 Å². The highest BCUT2D eigenvalue weighted by Gasteiger charge is 2.32. The topological polar surface area (TPSA) is 34.9 Å². The van der Waals surface area contributed by atoms with Crippen LogP contribution in [0.4, 0.5) is 0 Å². The fraction of sp³-hybridized carbons (Fsp3) is 0.375. The number of benzene rings is 1. The molecule has 4 heteroatoms. The number of carbonyl (C=O) groups excluding carboxylic acids is 1. The summed E-state index contributed by atoms with van der Waals surface area (Å²) in [5.74, 6) is -0.0391. The minimum atomic E-state index is -0.124. The van der Waals surface area contributed by atoms with Gasteiger partial charge in [-0.3, -0.25) is 9.36 Å². The Morgan fingerprint density at radius 1 is 1.30 bits per heavy atom. The average Bonchev–Trinajstić information content (AvgIpc) is 2.89. The molecule has 0 aliphatic carbocycles. The average molecular weight is 291 g/mol. The smallest absolute Gasteiger partial charge is 0.235 e. The van der Waals surface area contributed by atoms with Crippen molar-refractivity contribution in [3.63, 3.8) is 0 Å². The summed E-state index contributed by atoms with van der Waals surface area (Å²) in [5.41, 5.74) is 0.990. The number of hydrogen-bond acceptors (Lipinski definition) is 2. The van der Waals surface area contributed by atoms with Crippen LogP contribution in [0.3, 0.4) is 0 Å². The fourth-order valence-electron chi connectivity index (χ4n) is 2.19. The summed E-state index contributed by atoms with van der Waals surface area (Å²) in [6.07, 6.45) is 5.57. The van der Waals surface area contributed by atoms with Crippen LogP contribution in [0.1, 0.15) is 31.1 Å². The van der Waals surface area contributed by atoms with Crippen LogP contribution in [0.15, 0.2) is 43.0 Å². The Kier molecular flexibility index (Phi) is 4.29. The van der Waals surface area contributed by atoms with Crippen LogP contribution in [-0.4, -0.2) is 15.5 Å². The van der Waals surface area contributed by atoms with Gasteiger partial charge in [-0.15, -0.1) is 0 Å². The van der Waals surface area contributed by atoms with Gasteiger partial charge in [-0.1, -0.05) is 44.5 Å². The van der Waals surface area contributed by atoms with Crippen LogP contribution < -0.4 is 0 Å². The summed E-state index contributed by atoms with van der Waals surface area (Å²) in [7, 11) is 0. The molecule has 0 saturated carbocycles.